The van der Waals surface area contributed by atoms with E-state index >= 15 is 0 Å². The predicted molar refractivity (Wildman–Crippen MR) is 132 cm³/mol. The number of para-hydroxylation sites is 1. The van der Waals surface area contributed by atoms with Gasteiger partial charge in [-0.25, -0.2) is 0 Å². The van der Waals surface area contributed by atoms with Crippen LogP contribution in [0.3, 0.4) is 0 Å². The Morgan fingerprint density at radius 3 is 2.67 bits per heavy atom. The number of thioether (sulfide) groups is 1. The largest absolute Gasteiger partial charge is 0.493 e. The molecule has 0 aromatic heterocycles. The Kier molecular flexibility index (Phi) is 8.07. The molecular weight excluding hydrogens is 436 g/mol. The number of β-amino-alcohol motifs (C(OH)–C–C–N with tert-alkyl or cyclic N) is 1. The minimum atomic E-state index is -0.641. The molecule has 0 aliphatic carbocycles. The molecule has 0 spiro atoms. The van der Waals surface area contributed by atoms with E-state index in [2.05, 4.69) is 0 Å². The lowest BCUT2D eigenvalue weighted by molar-refractivity contribution is -0.143. The Bertz CT molecular complexity index is 975. The summed E-state index contributed by atoms with van der Waals surface area (Å²) in [7, 11) is 0. The van der Waals surface area contributed by atoms with E-state index in [-0.39, 0.29) is 24.8 Å². The molecule has 6 nitrogen and oxygen atoms in total. The number of aliphatic hydroxyl groups excluding tert-OH is 1. The van der Waals surface area contributed by atoms with E-state index in [9.17, 15) is 14.7 Å². The molecule has 0 bridgehead atoms. The molecule has 2 amide bonds. The van der Waals surface area contributed by atoms with E-state index in [0.717, 1.165) is 22.6 Å². The Morgan fingerprint density at radius 2 is 1.88 bits per heavy atom. The van der Waals surface area contributed by atoms with E-state index in [1.165, 1.54) is 0 Å². The third-order valence-electron chi connectivity index (χ3n) is 5.92. The molecule has 0 saturated carbocycles. The van der Waals surface area contributed by atoms with E-state index in [1.807, 2.05) is 66.7 Å². The summed E-state index contributed by atoms with van der Waals surface area (Å²) in [5, 5.41) is 10.1. The van der Waals surface area contributed by atoms with Crippen molar-refractivity contribution in [3.8, 4) is 5.75 Å². The van der Waals surface area contributed by atoms with Gasteiger partial charge in [0.2, 0.25) is 11.8 Å². The van der Waals surface area contributed by atoms with Crippen molar-refractivity contribution in [3.05, 3.63) is 65.7 Å². The lowest BCUT2D eigenvalue weighted by Crippen LogP contribution is -2.47. The number of ether oxygens (including phenoxy) is 1. The second kappa shape index (κ2) is 11.4. The first kappa shape index (κ1) is 23.4. The molecule has 7 heteroatoms. The summed E-state index contributed by atoms with van der Waals surface area (Å²) in [6.07, 6.45) is 4.58. The van der Waals surface area contributed by atoms with E-state index in [4.69, 9.17) is 4.74 Å². The molecule has 174 valence electrons. The Hall–Kier alpha value is -2.77. The SMILES string of the molecule is O=C(C1CC(O)CN1C(=O)CCCOc1ccccc1/C=C/c1ccccc1)N1CCSC1. The van der Waals surface area contributed by atoms with Crippen molar-refractivity contribution >= 4 is 35.7 Å². The highest BCUT2D eigenvalue weighted by molar-refractivity contribution is 7.99. The Balaban J connectivity index is 1.28. The van der Waals surface area contributed by atoms with E-state index in [0.29, 0.717) is 31.9 Å². The first-order valence-electron chi connectivity index (χ1n) is 11.4. The zero-order valence-corrected chi connectivity index (χ0v) is 19.5. The van der Waals surface area contributed by atoms with Gasteiger partial charge in [0.05, 0.1) is 18.6 Å². The minimum absolute atomic E-state index is 0.0414. The minimum Gasteiger partial charge on any atom is -0.493 e. The molecule has 2 aromatic rings. The number of likely N-dealkylation sites (tertiary alicyclic amines) is 1. The van der Waals surface area contributed by atoms with E-state index in [1.54, 1.807) is 21.6 Å². The average Bonchev–Trinajstić information content (AvgIpc) is 3.51. The molecule has 33 heavy (non-hydrogen) atoms. The summed E-state index contributed by atoms with van der Waals surface area (Å²) in [6, 6.07) is 17.3. The molecule has 2 heterocycles. The maximum Gasteiger partial charge on any atom is 0.246 e. The molecule has 0 radical (unpaired) electrons. The number of amides is 2. The fraction of sp³-hybridized carbons (Fsp3) is 0.385. The lowest BCUT2D eigenvalue weighted by atomic mass is 10.1. The first-order chi connectivity index (χ1) is 16.1. The summed E-state index contributed by atoms with van der Waals surface area (Å²) < 4.78 is 5.97. The predicted octanol–water partition coefficient (Wildman–Crippen LogP) is 3.51. The van der Waals surface area contributed by atoms with Crippen LogP contribution in [0.1, 0.15) is 30.4 Å². The van der Waals surface area contributed by atoms with Crippen molar-refractivity contribution in [2.24, 2.45) is 0 Å². The number of hydrogen-bond donors (Lipinski definition) is 1. The van der Waals surface area contributed by atoms with Crippen LogP contribution >= 0.6 is 11.8 Å². The maximum absolute atomic E-state index is 12.8. The summed E-state index contributed by atoms with van der Waals surface area (Å²) in [4.78, 5) is 29.0. The van der Waals surface area contributed by atoms with Crippen molar-refractivity contribution in [3.63, 3.8) is 0 Å². The molecule has 2 unspecified atom stereocenters. The second-order valence-electron chi connectivity index (χ2n) is 8.32. The average molecular weight is 467 g/mol. The number of aliphatic hydroxyl groups is 1. The highest BCUT2D eigenvalue weighted by atomic mass is 32.2. The normalized spacial score (nSPS) is 20.5. The number of benzene rings is 2. The number of rotatable bonds is 8. The van der Waals surface area contributed by atoms with Crippen LogP contribution in [0.15, 0.2) is 54.6 Å². The van der Waals surface area contributed by atoms with Crippen LogP contribution in [-0.2, 0) is 9.59 Å². The third kappa shape index (κ3) is 6.18. The second-order valence-corrected chi connectivity index (χ2v) is 9.40. The molecule has 2 fully saturated rings. The van der Waals surface area contributed by atoms with Gasteiger partial charge in [-0.2, -0.15) is 0 Å². The van der Waals surface area contributed by atoms with Crippen LogP contribution in [0, 0.1) is 0 Å². The van der Waals surface area contributed by atoms with Gasteiger partial charge in [-0.3, -0.25) is 9.59 Å². The smallest absolute Gasteiger partial charge is 0.246 e. The van der Waals surface area contributed by atoms with Gasteiger partial charge < -0.3 is 19.6 Å². The van der Waals surface area contributed by atoms with Crippen LogP contribution in [0.25, 0.3) is 12.2 Å². The van der Waals surface area contributed by atoms with E-state index < -0.39 is 12.1 Å². The maximum atomic E-state index is 12.8. The van der Waals surface area contributed by atoms with Crippen LogP contribution in [0.4, 0.5) is 0 Å². The fourth-order valence-corrected chi connectivity index (χ4v) is 5.13. The molecule has 1 N–H and O–H groups in total. The standard InChI is InChI=1S/C26H30N2O4S/c29-22-17-23(26(31)27-14-16-33-19-27)28(18-22)25(30)11-6-15-32-24-10-5-4-9-21(24)13-12-20-7-2-1-3-8-20/h1-5,7-10,12-13,22-23,29H,6,11,14-19H2/b13-12+. The monoisotopic (exact) mass is 466 g/mol. The summed E-state index contributed by atoms with van der Waals surface area (Å²) in [5.41, 5.74) is 2.09. The van der Waals surface area contributed by atoms with Crippen molar-refractivity contribution in [1.29, 1.82) is 0 Å². The van der Waals surface area contributed by atoms with Gasteiger partial charge in [0, 0.05) is 37.2 Å². The van der Waals surface area contributed by atoms with Crippen LogP contribution in [0.5, 0.6) is 5.75 Å². The lowest BCUT2D eigenvalue weighted by Gasteiger charge is -2.27. The van der Waals surface area contributed by atoms with Gasteiger partial charge in [0.25, 0.3) is 0 Å². The molecule has 2 atom stereocenters. The van der Waals surface area contributed by atoms with Crippen molar-refractivity contribution in [1.82, 2.24) is 9.80 Å². The molecule has 2 saturated heterocycles. The van der Waals surface area contributed by atoms with Crippen LogP contribution in [-0.4, -0.2) is 70.2 Å². The van der Waals surface area contributed by atoms with Crippen molar-refractivity contribution in [2.75, 3.05) is 31.3 Å². The first-order valence-corrected chi connectivity index (χ1v) is 12.6. The number of carbonyl (C=O) groups excluding carboxylic acids is 2. The van der Waals surface area contributed by atoms with Gasteiger partial charge in [-0.15, -0.1) is 11.8 Å². The van der Waals surface area contributed by atoms with Crippen LogP contribution in [0.2, 0.25) is 0 Å². The summed E-state index contributed by atoms with van der Waals surface area (Å²) in [6.45, 7) is 1.34. The zero-order valence-electron chi connectivity index (χ0n) is 18.6. The number of carbonyl (C=O) groups is 2. The van der Waals surface area contributed by atoms with Crippen LogP contribution < -0.4 is 4.74 Å². The van der Waals surface area contributed by atoms with Gasteiger partial charge in [-0.05, 0) is 18.1 Å². The highest BCUT2D eigenvalue weighted by Gasteiger charge is 2.40. The number of hydrogen-bond acceptors (Lipinski definition) is 5. The van der Waals surface area contributed by atoms with Gasteiger partial charge in [-0.1, -0.05) is 60.7 Å². The zero-order chi connectivity index (χ0) is 23.0. The molecular formula is C26H30N2O4S. The third-order valence-corrected chi connectivity index (χ3v) is 6.88. The summed E-state index contributed by atoms with van der Waals surface area (Å²) >= 11 is 1.72. The van der Waals surface area contributed by atoms with Gasteiger partial charge >= 0.3 is 0 Å². The molecule has 2 aliphatic heterocycles. The van der Waals surface area contributed by atoms with Crippen molar-refractivity contribution in [2.45, 2.75) is 31.4 Å². The Morgan fingerprint density at radius 1 is 1.09 bits per heavy atom. The fourth-order valence-electron chi connectivity index (χ4n) is 4.17. The van der Waals surface area contributed by atoms with Crippen molar-refractivity contribution < 1.29 is 19.4 Å². The van der Waals surface area contributed by atoms with Gasteiger partial charge in [0.1, 0.15) is 11.8 Å². The Labute approximate surface area is 199 Å². The molecule has 2 aromatic carbocycles. The van der Waals surface area contributed by atoms with Gasteiger partial charge in [0.15, 0.2) is 0 Å². The molecule has 4 rings (SSSR count). The number of nitrogens with zero attached hydrogens (tertiary/aromatic N) is 2. The summed E-state index contributed by atoms with van der Waals surface area (Å²) in [5.74, 6) is 2.22. The quantitative estimate of drug-likeness (QED) is 0.476. The molecule has 2 aliphatic rings. The topological polar surface area (TPSA) is 70.1 Å². The highest BCUT2D eigenvalue weighted by Crippen LogP contribution is 2.25.